The Morgan fingerprint density at radius 1 is 1.16 bits per heavy atom. The summed E-state index contributed by atoms with van der Waals surface area (Å²) in [5, 5.41) is 1.05. The van der Waals surface area contributed by atoms with Crippen molar-refractivity contribution in [2.24, 2.45) is 5.92 Å². The zero-order valence-electron chi connectivity index (χ0n) is 17.3. The topological polar surface area (TPSA) is 74.3 Å². The van der Waals surface area contributed by atoms with Gasteiger partial charge in [-0.05, 0) is 37.5 Å². The Kier molecular flexibility index (Phi) is 4.16. The highest BCUT2D eigenvalue weighted by Crippen LogP contribution is 2.41. The van der Waals surface area contributed by atoms with E-state index in [1.165, 1.54) is 0 Å². The minimum absolute atomic E-state index is 0.0232. The fraction of sp³-hybridized carbons (Fsp3) is 0.435. The van der Waals surface area contributed by atoms with E-state index < -0.39 is 12.1 Å². The molecule has 0 aromatic carbocycles. The molecule has 3 fully saturated rings. The van der Waals surface area contributed by atoms with Crippen LogP contribution in [0, 0.1) is 5.92 Å². The van der Waals surface area contributed by atoms with Gasteiger partial charge in [0.25, 0.3) is 0 Å². The molecule has 160 valence electrons. The van der Waals surface area contributed by atoms with Crippen molar-refractivity contribution in [1.29, 1.82) is 0 Å². The zero-order valence-corrected chi connectivity index (χ0v) is 17.3. The number of carbonyl (C=O) groups is 1. The number of fused-ring (bicyclic) bond motifs is 3. The van der Waals surface area contributed by atoms with Gasteiger partial charge in [-0.15, -0.1) is 0 Å². The Morgan fingerprint density at radius 3 is 2.61 bits per heavy atom. The number of nitrogens with zero attached hydrogens (tertiary/aromatic N) is 4. The molecule has 7 nitrogen and oxygen atoms in total. The number of nitrogens with one attached hydrogen (secondary N) is 1. The van der Waals surface area contributed by atoms with Gasteiger partial charge < -0.3 is 19.5 Å². The molecule has 1 aliphatic carbocycles. The summed E-state index contributed by atoms with van der Waals surface area (Å²) in [5.74, 6) is 0.190. The van der Waals surface area contributed by atoms with Crippen molar-refractivity contribution in [3.05, 3.63) is 36.7 Å². The summed E-state index contributed by atoms with van der Waals surface area (Å²) in [4.78, 5) is 29.2. The average molecular weight is 421 g/mol. The minimum atomic E-state index is -0.935. The molecule has 3 aromatic rings. The number of aromatic amines is 1. The van der Waals surface area contributed by atoms with E-state index in [1.54, 1.807) is 13.3 Å². The van der Waals surface area contributed by atoms with Crippen LogP contribution in [-0.4, -0.2) is 64.2 Å². The molecule has 2 unspecified atom stereocenters. The lowest BCUT2D eigenvalue weighted by Crippen LogP contribution is -2.56. The number of amides is 1. The SMILES string of the molecule is COc1cc(-c2cc3c(N4CC5CCC(C4)N5C(=O)[C@@H]4C[C@H]4F)ccnc3[nH]2)ccn1. The number of halogens is 1. The second-order valence-corrected chi connectivity index (χ2v) is 8.76. The normalized spacial score (nSPS) is 27.0. The number of rotatable bonds is 4. The van der Waals surface area contributed by atoms with Crippen molar-refractivity contribution in [2.75, 3.05) is 25.1 Å². The van der Waals surface area contributed by atoms with Gasteiger partial charge in [-0.2, -0.15) is 0 Å². The minimum Gasteiger partial charge on any atom is -0.481 e. The predicted molar refractivity (Wildman–Crippen MR) is 115 cm³/mol. The third-order valence-corrected chi connectivity index (χ3v) is 6.87. The molecule has 3 aromatic heterocycles. The van der Waals surface area contributed by atoms with Crippen LogP contribution in [0.25, 0.3) is 22.3 Å². The molecule has 3 aliphatic rings. The molecule has 1 amide bonds. The molecule has 6 rings (SSSR count). The first-order valence-electron chi connectivity index (χ1n) is 10.8. The van der Waals surface area contributed by atoms with Gasteiger partial charge in [0.15, 0.2) is 0 Å². The smallest absolute Gasteiger partial charge is 0.229 e. The highest BCUT2D eigenvalue weighted by atomic mass is 19.1. The third kappa shape index (κ3) is 3.04. The molecule has 5 heterocycles. The van der Waals surface area contributed by atoms with Gasteiger partial charge in [0, 0.05) is 66.0 Å². The second-order valence-electron chi connectivity index (χ2n) is 8.76. The van der Waals surface area contributed by atoms with Crippen molar-refractivity contribution in [2.45, 2.75) is 37.5 Å². The molecule has 2 saturated heterocycles. The van der Waals surface area contributed by atoms with Crippen LogP contribution >= 0.6 is 0 Å². The maximum Gasteiger partial charge on any atom is 0.229 e. The van der Waals surface area contributed by atoms with Crippen LogP contribution in [0.2, 0.25) is 0 Å². The summed E-state index contributed by atoms with van der Waals surface area (Å²) in [5.41, 5.74) is 3.88. The van der Waals surface area contributed by atoms with Gasteiger partial charge >= 0.3 is 0 Å². The first-order valence-corrected chi connectivity index (χ1v) is 10.8. The molecule has 2 bridgehead atoms. The van der Waals surface area contributed by atoms with E-state index in [4.69, 9.17) is 4.74 Å². The van der Waals surface area contributed by atoms with E-state index in [-0.39, 0.29) is 18.0 Å². The summed E-state index contributed by atoms with van der Waals surface area (Å²) in [6, 6.07) is 8.31. The molecule has 1 saturated carbocycles. The number of aromatic nitrogens is 3. The van der Waals surface area contributed by atoms with Crippen LogP contribution < -0.4 is 9.64 Å². The van der Waals surface area contributed by atoms with E-state index in [0.717, 1.165) is 53.9 Å². The number of pyridine rings is 2. The summed E-state index contributed by atoms with van der Waals surface area (Å²) in [7, 11) is 1.60. The number of H-pyrrole nitrogens is 1. The van der Waals surface area contributed by atoms with Crippen molar-refractivity contribution in [1.82, 2.24) is 19.9 Å². The standard InChI is InChI=1S/C23H24FN5O2/c1-31-21-8-13(4-6-25-21)19-10-17-20(5-7-26-22(17)27-19)28-11-14-2-3-15(12-28)29(14)23(30)16-9-18(16)24/h4-8,10,14-16,18H,2-3,9,11-12H2,1H3,(H,26,27)/t14?,15?,16-,18-/m1/s1. The molecular weight excluding hydrogens is 397 g/mol. The number of carbonyl (C=O) groups excluding carboxylic acids is 1. The van der Waals surface area contributed by atoms with E-state index in [0.29, 0.717) is 12.3 Å². The lowest BCUT2D eigenvalue weighted by atomic mass is 10.1. The number of hydrogen-bond acceptors (Lipinski definition) is 5. The Morgan fingerprint density at radius 2 is 1.90 bits per heavy atom. The first-order chi connectivity index (χ1) is 15.1. The van der Waals surface area contributed by atoms with Crippen molar-refractivity contribution >= 4 is 22.6 Å². The fourth-order valence-corrected chi connectivity index (χ4v) is 5.20. The molecule has 2 aliphatic heterocycles. The highest BCUT2D eigenvalue weighted by molar-refractivity contribution is 5.94. The van der Waals surface area contributed by atoms with Crippen LogP contribution in [0.4, 0.5) is 10.1 Å². The average Bonchev–Trinajstić information content (AvgIpc) is 3.25. The zero-order chi connectivity index (χ0) is 21.1. The lowest BCUT2D eigenvalue weighted by Gasteiger charge is -2.42. The molecule has 31 heavy (non-hydrogen) atoms. The summed E-state index contributed by atoms with van der Waals surface area (Å²) < 4.78 is 18.7. The summed E-state index contributed by atoms with van der Waals surface area (Å²) in [6.45, 7) is 1.54. The van der Waals surface area contributed by atoms with Crippen molar-refractivity contribution in [3.63, 3.8) is 0 Å². The lowest BCUT2D eigenvalue weighted by molar-refractivity contribution is -0.136. The number of anilines is 1. The quantitative estimate of drug-likeness (QED) is 0.701. The Bertz CT molecular complexity index is 1150. The third-order valence-electron chi connectivity index (χ3n) is 6.87. The van der Waals surface area contributed by atoms with Gasteiger partial charge in [0.1, 0.15) is 11.8 Å². The number of ether oxygens (including phenoxy) is 1. The van der Waals surface area contributed by atoms with E-state index in [9.17, 15) is 9.18 Å². The van der Waals surface area contributed by atoms with E-state index in [1.807, 2.05) is 29.3 Å². The predicted octanol–water partition coefficient (Wildman–Crippen LogP) is 3.17. The molecular formula is C23H24FN5O2. The van der Waals surface area contributed by atoms with Crippen molar-refractivity contribution < 1.29 is 13.9 Å². The Balaban J connectivity index is 1.30. The molecule has 4 atom stereocenters. The number of hydrogen-bond donors (Lipinski definition) is 1. The number of alkyl halides is 1. The van der Waals surface area contributed by atoms with Crippen LogP contribution in [0.5, 0.6) is 5.88 Å². The molecule has 0 radical (unpaired) electrons. The number of piperazine rings is 1. The van der Waals surface area contributed by atoms with Crippen LogP contribution in [0.15, 0.2) is 36.7 Å². The monoisotopic (exact) mass is 421 g/mol. The Labute approximate surface area is 179 Å². The van der Waals surface area contributed by atoms with Crippen LogP contribution in [-0.2, 0) is 4.79 Å². The summed E-state index contributed by atoms with van der Waals surface area (Å²) in [6.07, 6.45) is 4.98. The Hall–Kier alpha value is -3.16. The second kappa shape index (κ2) is 6.93. The van der Waals surface area contributed by atoms with Crippen LogP contribution in [0.1, 0.15) is 19.3 Å². The molecule has 8 heteroatoms. The van der Waals surface area contributed by atoms with Gasteiger partial charge in [0.05, 0.1) is 13.0 Å². The summed E-state index contributed by atoms with van der Waals surface area (Å²) >= 11 is 0. The van der Waals surface area contributed by atoms with Gasteiger partial charge in [-0.25, -0.2) is 14.4 Å². The largest absolute Gasteiger partial charge is 0.481 e. The highest BCUT2D eigenvalue weighted by Gasteiger charge is 2.51. The van der Waals surface area contributed by atoms with E-state index in [2.05, 4.69) is 25.9 Å². The van der Waals surface area contributed by atoms with Gasteiger partial charge in [-0.1, -0.05) is 0 Å². The van der Waals surface area contributed by atoms with Gasteiger partial charge in [-0.3, -0.25) is 4.79 Å². The van der Waals surface area contributed by atoms with E-state index >= 15 is 0 Å². The van der Waals surface area contributed by atoms with Crippen LogP contribution in [0.3, 0.4) is 0 Å². The number of methoxy groups -OCH3 is 1. The maximum absolute atomic E-state index is 13.5. The first kappa shape index (κ1) is 18.6. The fourth-order valence-electron chi connectivity index (χ4n) is 5.20. The van der Waals surface area contributed by atoms with Crippen molar-refractivity contribution in [3.8, 4) is 17.1 Å². The molecule has 1 N–H and O–H groups in total. The van der Waals surface area contributed by atoms with Gasteiger partial charge in [0.2, 0.25) is 11.8 Å². The maximum atomic E-state index is 13.5. The molecule has 0 spiro atoms.